The molecule has 1 aliphatic carbocycles. The molecule has 1 N–H and O–H groups in total. The zero-order valence-electron chi connectivity index (χ0n) is 13.4. The molecule has 7 heteroatoms. The minimum Gasteiger partial charge on any atom is -0.463 e. The van der Waals surface area contributed by atoms with Crippen LogP contribution < -0.4 is 5.32 Å². The summed E-state index contributed by atoms with van der Waals surface area (Å²) >= 11 is 6.14. The Morgan fingerprint density at radius 2 is 2.17 bits per heavy atom. The fraction of sp³-hybridized carbons (Fsp3) is 0.412. The van der Waals surface area contributed by atoms with Crippen molar-refractivity contribution in [1.82, 2.24) is 10.2 Å². The predicted octanol–water partition coefficient (Wildman–Crippen LogP) is 3.54. The maximum Gasteiger partial charge on any atom is 0.338 e. The Labute approximate surface area is 144 Å². The Balaban J connectivity index is 2.13. The number of esters is 1. The summed E-state index contributed by atoms with van der Waals surface area (Å²) in [6.45, 7) is 3.56. The van der Waals surface area contributed by atoms with Crippen LogP contribution in [0.25, 0.3) is 0 Å². The Morgan fingerprint density at radius 1 is 1.46 bits per heavy atom. The number of carbonyl (C=O) groups excluding carboxylic acids is 2. The second-order valence-electron chi connectivity index (χ2n) is 5.84. The van der Waals surface area contributed by atoms with E-state index in [2.05, 4.69) is 5.32 Å². The standard InChI is InChI=1S/C17H18ClFN2O3/c1-3-24-16(22)13-9(2)21(10-7-8-10)17(23)20-15(13)14-11(18)5-4-6-12(14)19/h4-6,10,15H,3,7-8H2,1-2H3,(H,20,23). The molecule has 0 spiro atoms. The summed E-state index contributed by atoms with van der Waals surface area (Å²) in [4.78, 5) is 26.5. The Bertz CT molecular complexity index is 710. The van der Waals surface area contributed by atoms with E-state index in [4.69, 9.17) is 16.3 Å². The molecule has 5 nitrogen and oxygen atoms in total. The van der Waals surface area contributed by atoms with Crippen LogP contribution in [-0.4, -0.2) is 29.5 Å². The van der Waals surface area contributed by atoms with Crippen molar-refractivity contribution in [1.29, 1.82) is 0 Å². The number of ether oxygens (including phenoxy) is 1. The number of carbonyl (C=O) groups is 2. The molecule has 0 radical (unpaired) electrons. The molecule has 1 unspecified atom stereocenters. The van der Waals surface area contributed by atoms with Gasteiger partial charge in [-0.15, -0.1) is 0 Å². The smallest absolute Gasteiger partial charge is 0.338 e. The number of benzene rings is 1. The van der Waals surface area contributed by atoms with E-state index in [0.717, 1.165) is 12.8 Å². The summed E-state index contributed by atoms with van der Waals surface area (Å²) in [5, 5.41) is 2.86. The molecule has 24 heavy (non-hydrogen) atoms. The van der Waals surface area contributed by atoms with E-state index in [1.54, 1.807) is 18.7 Å². The van der Waals surface area contributed by atoms with Crippen molar-refractivity contribution in [3.63, 3.8) is 0 Å². The first-order valence-corrected chi connectivity index (χ1v) is 8.25. The van der Waals surface area contributed by atoms with Gasteiger partial charge in [-0.25, -0.2) is 14.0 Å². The van der Waals surface area contributed by atoms with Gasteiger partial charge in [0.25, 0.3) is 0 Å². The average molecular weight is 353 g/mol. The quantitative estimate of drug-likeness (QED) is 0.843. The molecule has 0 bridgehead atoms. The fourth-order valence-corrected chi connectivity index (χ4v) is 3.28. The lowest BCUT2D eigenvalue weighted by molar-refractivity contribution is -0.139. The minimum absolute atomic E-state index is 0.0744. The summed E-state index contributed by atoms with van der Waals surface area (Å²) in [6, 6.07) is 3.00. The van der Waals surface area contributed by atoms with Crippen LogP contribution in [0, 0.1) is 5.82 Å². The lowest BCUT2D eigenvalue weighted by Gasteiger charge is -2.35. The largest absolute Gasteiger partial charge is 0.463 e. The van der Waals surface area contributed by atoms with Crippen LogP contribution >= 0.6 is 11.6 Å². The molecular formula is C17H18ClFN2O3. The number of nitrogens with one attached hydrogen (secondary N) is 1. The minimum atomic E-state index is -0.972. The fourth-order valence-electron chi connectivity index (χ4n) is 3.01. The van der Waals surface area contributed by atoms with Gasteiger partial charge in [0.1, 0.15) is 5.82 Å². The van der Waals surface area contributed by atoms with Gasteiger partial charge in [0.15, 0.2) is 0 Å². The second-order valence-corrected chi connectivity index (χ2v) is 6.25. The Morgan fingerprint density at radius 3 is 2.75 bits per heavy atom. The maximum absolute atomic E-state index is 14.4. The van der Waals surface area contributed by atoms with Gasteiger partial charge in [-0.2, -0.15) is 0 Å². The Hall–Kier alpha value is -2.08. The van der Waals surface area contributed by atoms with E-state index in [1.165, 1.54) is 18.2 Å². The van der Waals surface area contributed by atoms with Crippen LogP contribution in [0.2, 0.25) is 5.02 Å². The molecule has 1 saturated carbocycles. The molecule has 0 saturated heterocycles. The molecule has 128 valence electrons. The highest BCUT2D eigenvalue weighted by Gasteiger charge is 2.43. The molecule has 1 heterocycles. The Kier molecular flexibility index (Phi) is 4.49. The van der Waals surface area contributed by atoms with E-state index in [9.17, 15) is 14.0 Å². The van der Waals surface area contributed by atoms with Gasteiger partial charge in [0.2, 0.25) is 0 Å². The highest BCUT2D eigenvalue weighted by Crippen LogP contribution is 2.40. The maximum atomic E-state index is 14.4. The molecule has 1 aromatic rings. The van der Waals surface area contributed by atoms with Gasteiger partial charge >= 0.3 is 12.0 Å². The number of allylic oxidation sites excluding steroid dienone is 1. The van der Waals surface area contributed by atoms with Crippen LogP contribution in [0.1, 0.15) is 38.3 Å². The molecule has 2 aliphatic rings. The summed E-state index contributed by atoms with van der Waals surface area (Å²) in [6.07, 6.45) is 1.76. The van der Waals surface area contributed by atoms with Gasteiger partial charge in [-0.05, 0) is 38.8 Å². The van der Waals surface area contributed by atoms with Crippen LogP contribution in [0.3, 0.4) is 0 Å². The van der Waals surface area contributed by atoms with E-state index in [-0.39, 0.29) is 34.8 Å². The first kappa shape index (κ1) is 16.8. The molecule has 1 aliphatic heterocycles. The highest BCUT2D eigenvalue weighted by atomic mass is 35.5. The molecule has 3 rings (SSSR count). The lowest BCUT2D eigenvalue weighted by atomic mass is 9.94. The summed E-state index contributed by atoms with van der Waals surface area (Å²) < 4.78 is 19.5. The second kappa shape index (κ2) is 6.43. The SMILES string of the molecule is CCOC(=O)C1=C(C)N(C2CC2)C(=O)NC1c1c(F)cccc1Cl. The van der Waals surface area contributed by atoms with Gasteiger partial charge in [0.05, 0.1) is 18.2 Å². The van der Waals surface area contributed by atoms with Crippen LogP contribution in [0.15, 0.2) is 29.5 Å². The molecule has 0 aromatic heterocycles. The van der Waals surface area contributed by atoms with Crippen LogP contribution in [-0.2, 0) is 9.53 Å². The summed E-state index contributed by atoms with van der Waals surface area (Å²) in [5.74, 6) is -1.16. The van der Waals surface area contributed by atoms with Crippen molar-refractivity contribution in [3.8, 4) is 0 Å². The number of urea groups is 1. The third-order valence-corrected chi connectivity index (χ3v) is 4.55. The molecule has 1 aromatic carbocycles. The zero-order valence-corrected chi connectivity index (χ0v) is 14.2. The number of nitrogens with zero attached hydrogens (tertiary/aromatic N) is 1. The van der Waals surface area contributed by atoms with Crippen molar-refractivity contribution >= 4 is 23.6 Å². The summed E-state index contributed by atoms with van der Waals surface area (Å²) in [7, 11) is 0. The monoisotopic (exact) mass is 352 g/mol. The van der Waals surface area contributed by atoms with Gasteiger partial charge < -0.3 is 10.1 Å². The lowest BCUT2D eigenvalue weighted by Crippen LogP contribution is -2.49. The van der Waals surface area contributed by atoms with E-state index in [0.29, 0.717) is 5.70 Å². The average Bonchev–Trinajstić information content (AvgIpc) is 3.31. The van der Waals surface area contributed by atoms with Crippen molar-refractivity contribution in [2.45, 2.75) is 38.8 Å². The van der Waals surface area contributed by atoms with Crippen molar-refractivity contribution in [2.24, 2.45) is 0 Å². The molecule has 2 amide bonds. The van der Waals surface area contributed by atoms with Crippen molar-refractivity contribution in [2.75, 3.05) is 6.61 Å². The number of rotatable bonds is 4. The van der Waals surface area contributed by atoms with E-state index < -0.39 is 17.8 Å². The first-order valence-electron chi connectivity index (χ1n) is 7.87. The number of halogens is 2. The third-order valence-electron chi connectivity index (χ3n) is 4.22. The number of hydrogen-bond donors (Lipinski definition) is 1. The normalized spacial score (nSPS) is 20.9. The van der Waals surface area contributed by atoms with Crippen LogP contribution in [0.5, 0.6) is 0 Å². The first-order chi connectivity index (χ1) is 11.5. The zero-order chi connectivity index (χ0) is 17.4. The van der Waals surface area contributed by atoms with Gasteiger partial charge in [-0.1, -0.05) is 17.7 Å². The van der Waals surface area contributed by atoms with Crippen LogP contribution in [0.4, 0.5) is 9.18 Å². The molecule has 1 atom stereocenters. The molecular weight excluding hydrogens is 335 g/mol. The van der Waals surface area contributed by atoms with Gasteiger partial charge in [-0.3, -0.25) is 4.90 Å². The third kappa shape index (κ3) is 2.86. The summed E-state index contributed by atoms with van der Waals surface area (Å²) in [5.41, 5.74) is 0.782. The van der Waals surface area contributed by atoms with Crippen molar-refractivity contribution < 1.29 is 18.7 Å². The number of hydrogen-bond acceptors (Lipinski definition) is 3. The topological polar surface area (TPSA) is 58.6 Å². The van der Waals surface area contributed by atoms with E-state index >= 15 is 0 Å². The molecule has 1 fully saturated rings. The predicted molar refractivity (Wildman–Crippen MR) is 86.9 cm³/mol. The van der Waals surface area contributed by atoms with Crippen molar-refractivity contribution in [3.05, 3.63) is 45.9 Å². The highest BCUT2D eigenvalue weighted by molar-refractivity contribution is 6.31. The number of amides is 2. The van der Waals surface area contributed by atoms with Gasteiger partial charge in [0, 0.05) is 22.3 Å². The van der Waals surface area contributed by atoms with E-state index in [1.807, 2.05) is 0 Å².